The molecule has 1 saturated carbocycles. The Morgan fingerprint density at radius 1 is 1.07 bits per heavy atom. The van der Waals surface area contributed by atoms with Crippen molar-refractivity contribution in [3.63, 3.8) is 0 Å². The molecule has 0 spiro atoms. The Labute approximate surface area is 171 Å². The van der Waals surface area contributed by atoms with Gasteiger partial charge in [0.25, 0.3) is 5.56 Å². The molecular weight excluding hydrogens is 370 g/mol. The number of unbranched alkanes of at least 4 members (excludes halogenated alkanes) is 2. The summed E-state index contributed by atoms with van der Waals surface area (Å²) in [5.41, 5.74) is 0.737. The van der Waals surface area contributed by atoms with Crippen LogP contribution < -0.4 is 10.9 Å². The number of benzene rings is 1. The summed E-state index contributed by atoms with van der Waals surface area (Å²) in [5, 5.41) is 3.88. The maximum atomic E-state index is 12.6. The van der Waals surface area contributed by atoms with Crippen molar-refractivity contribution in [2.24, 2.45) is 0 Å². The second-order valence-corrected chi connectivity index (χ2v) is 8.24. The molecule has 2 aromatic rings. The molecular formula is C22H31N3O2S. The quantitative estimate of drug-likeness (QED) is 0.515. The highest BCUT2D eigenvalue weighted by atomic mass is 32.1. The van der Waals surface area contributed by atoms with Gasteiger partial charge in [0.2, 0.25) is 5.91 Å². The van der Waals surface area contributed by atoms with Gasteiger partial charge in [-0.15, -0.1) is 0 Å². The van der Waals surface area contributed by atoms with Gasteiger partial charge in [-0.3, -0.25) is 14.2 Å². The summed E-state index contributed by atoms with van der Waals surface area (Å²) in [6.45, 7) is 0.587. The summed E-state index contributed by atoms with van der Waals surface area (Å²) < 4.78 is 2.09. The number of fused-ring (bicyclic) bond motifs is 1. The Bertz CT molecular complexity index is 895. The normalized spacial score (nSPS) is 15.9. The predicted octanol–water partition coefficient (Wildman–Crippen LogP) is 4.85. The fraction of sp³-hybridized carbons (Fsp3) is 0.591. The van der Waals surface area contributed by atoms with Crippen molar-refractivity contribution in [2.45, 2.75) is 83.2 Å². The zero-order valence-corrected chi connectivity index (χ0v) is 17.4. The molecule has 1 heterocycles. The van der Waals surface area contributed by atoms with Crippen LogP contribution in [0.3, 0.4) is 0 Å². The molecule has 2 N–H and O–H groups in total. The van der Waals surface area contributed by atoms with Crippen LogP contribution in [-0.4, -0.2) is 21.5 Å². The number of rotatable bonds is 7. The van der Waals surface area contributed by atoms with Gasteiger partial charge in [-0.25, -0.2) is 0 Å². The van der Waals surface area contributed by atoms with Crippen LogP contribution in [0.4, 0.5) is 0 Å². The number of nitrogens with zero attached hydrogens (tertiary/aromatic N) is 1. The van der Waals surface area contributed by atoms with Crippen molar-refractivity contribution in [3.8, 4) is 0 Å². The Morgan fingerprint density at radius 3 is 2.57 bits per heavy atom. The molecule has 1 amide bonds. The first-order valence-electron chi connectivity index (χ1n) is 10.7. The highest BCUT2D eigenvalue weighted by Gasteiger charge is 2.13. The van der Waals surface area contributed by atoms with Crippen molar-refractivity contribution >= 4 is 29.0 Å². The van der Waals surface area contributed by atoms with E-state index in [2.05, 4.69) is 10.3 Å². The van der Waals surface area contributed by atoms with E-state index < -0.39 is 0 Å². The molecule has 5 nitrogen and oxygen atoms in total. The summed E-state index contributed by atoms with van der Waals surface area (Å²) >= 11 is 5.34. The number of H-pyrrole nitrogens is 1. The van der Waals surface area contributed by atoms with Crippen molar-refractivity contribution < 1.29 is 4.79 Å². The lowest BCUT2D eigenvalue weighted by atomic mass is 9.96. The highest BCUT2D eigenvalue weighted by molar-refractivity contribution is 7.71. The molecule has 152 valence electrons. The zero-order valence-electron chi connectivity index (χ0n) is 16.5. The van der Waals surface area contributed by atoms with Gasteiger partial charge in [0.1, 0.15) is 0 Å². The summed E-state index contributed by atoms with van der Waals surface area (Å²) in [7, 11) is 0. The summed E-state index contributed by atoms with van der Waals surface area (Å²) in [4.78, 5) is 27.9. The van der Waals surface area contributed by atoms with E-state index in [-0.39, 0.29) is 11.5 Å². The van der Waals surface area contributed by atoms with Gasteiger partial charge < -0.3 is 10.3 Å². The van der Waals surface area contributed by atoms with Crippen LogP contribution in [-0.2, 0) is 11.3 Å². The molecule has 0 bridgehead atoms. The van der Waals surface area contributed by atoms with E-state index >= 15 is 0 Å². The smallest absolute Gasteiger partial charge is 0.262 e. The van der Waals surface area contributed by atoms with Gasteiger partial charge in [-0.2, -0.15) is 0 Å². The fourth-order valence-corrected chi connectivity index (χ4v) is 4.32. The molecule has 0 saturated heterocycles. The average molecular weight is 402 g/mol. The second kappa shape index (κ2) is 10.6. The molecule has 28 heavy (non-hydrogen) atoms. The number of hydrogen-bond donors (Lipinski definition) is 2. The Morgan fingerprint density at radius 2 is 1.79 bits per heavy atom. The van der Waals surface area contributed by atoms with E-state index in [0.29, 0.717) is 29.2 Å². The Balaban J connectivity index is 1.42. The average Bonchev–Trinajstić information content (AvgIpc) is 2.66. The predicted molar refractivity (Wildman–Crippen MR) is 116 cm³/mol. The summed E-state index contributed by atoms with van der Waals surface area (Å²) in [6.07, 6.45) is 11.8. The molecule has 0 radical (unpaired) electrons. The van der Waals surface area contributed by atoms with Gasteiger partial charge in [-0.05, 0) is 50.0 Å². The van der Waals surface area contributed by atoms with Crippen molar-refractivity contribution in [1.29, 1.82) is 0 Å². The maximum absolute atomic E-state index is 12.6. The highest BCUT2D eigenvalue weighted by Crippen LogP contribution is 2.17. The van der Waals surface area contributed by atoms with Gasteiger partial charge in [0.05, 0.1) is 10.9 Å². The van der Waals surface area contributed by atoms with E-state index in [4.69, 9.17) is 12.2 Å². The van der Waals surface area contributed by atoms with Crippen LogP contribution in [0.2, 0.25) is 0 Å². The van der Waals surface area contributed by atoms with E-state index in [1.165, 1.54) is 32.1 Å². The maximum Gasteiger partial charge on any atom is 0.262 e. The lowest BCUT2D eigenvalue weighted by molar-refractivity contribution is -0.122. The number of nitrogens with one attached hydrogen (secondary N) is 2. The van der Waals surface area contributed by atoms with Gasteiger partial charge in [0, 0.05) is 19.0 Å². The van der Waals surface area contributed by atoms with E-state index in [1.54, 1.807) is 4.57 Å². The third-order valence-corrected chi connectivity index (χ3v) is 5.97. The van der Waals surface area contributed by atoms with Crippen LogP contribution >= 0.6 is 12.2 Å². The van der Waals surface area contributed by atoms with Crippen LogP contribution in [0.5, 0.6) is 0 Å². The SMILES string of the molecule is O=C(CCCCCn1c(=S)[nH]c2ccccc2c1=O)NC1CCCCCCC1. The number of aromatic nitrogens is 2. The third-order valence-electron chi connectivity index (χ3n) is 5.65. The van der Waals surface area contributed by atoms with E-state index in [9.17, 15) is 9.59 Å². The molecule has 3 rings (SSSR count). The van der Waals surface area contributed by atoms with Gasteiger partial charge >= 0.3 is 0 Å². The Hall–Kier alpha value is -1.95. The summed E-state index contributed by atoms with van der Waals surface area (Å²) in [6, 6.07) is 7.80. The molecule has 1 aromatic heterocycles. The number of carbonyl (C=O) groups is 1. The van der Waals surface area contributed by atoms with Crippen LogP contribution in [0.25, 0.3) is 10.9 Å². The molecule has 6 heteroatoms. The van der Waals surface area contributed by atoms with E-state index in [1.807, 2.05) is 24.3 Å². The molecule has 1 aliphatic carbocycles. The first-order valence-corrected chi connectivity index (χ1v) is 11.1. The first kappa shape index (κ1) is 20.8. The first-order chi connectivity index (χ1) is 13.6. The van der Waals surface area contributed by atoms with Gasteiger partial charge in [-0.1, -0.05) is 50.7 Å². The number of amides is 1. The monoisotopic (exact) mass is 401 g/mol. The van der Waals surface area contributed by atoms with Crippen molar-refractivity contribution in [3.05, 3.63) is 39.4 Å². The van der Waals surface area contributed by atoms with Crippen molar-refractivity contribution in [2.75, 3.05) is 0 Å². The molecule has 0 atom stereocenters. The number of hydrogen-bond acceptors (Lipinski definition) is 3. The summed E-state index contributed by atoms with van der Waals surface area (Å²) in [5.74, 6) is 0.172. The number of para-hydroxylation sites is 1. The van der Waals surface area contributed by atoms with Crippen molar-refractivity contribution in [1.82, 2.24) is 14.9 Å². The van der Waals surface area contributed by atoms with Gasteiger partial charge in [0.15, 0.2) is 4.77 Å². The van der Waals surface area contributed by atoms with Crippen LogP contribution in [0.15, 0.2) is 29.1 Å². The minimum atomic E-state index is -0.0404. The number of carbonyl (C=O) groups excluding carboxylic acids is 1. The number of aromatic amines is 1. The molecule has 0 unspecified atom stereocenters. The second-order valence-electron chi connectivity index (χ2n) is 7.85. The molecule has 1 aliphatic rings. The standard InChI is InChI=1S/C22H31N3O2S/c26-20(23-17-11-5-2-1-3-6-12-17)15-7-4-10-16-25-21(27)18-13-8-9-14-19(18)24-22(25)28/h8-9,13-14,17H,1-7,10-12,15-16H2,(H,23,26)(H,24,28). The Kier molecular flexibility index (Phi) is 7.83. The molecule has 1 aromatic carbocycles. The van der Waals surface area contributed by atoms with Crippen LogP contribution in [0, 0.1) is 4.77 Å². The fourth-order valence-electron chi connectivity index (χ4n) is 4.03. The third kappa shape index (κ3) is 5.77. The van der Waals surface area contributed by atoms with Crippen LogP contribution in [0.1, 0.15) is 70.6 Å². The van der Waals surface area contributed by atoms with E-state index in [0.717, 1.165) is 37.6 Å². The minimum absolute atomic E-state index is 0.0404. The lowest BCUT2D eigenvalue weighted by Crippen LogP contribution is -2.35. The largest absolute Gasteiger partial charge is 0.353 e. The topological polar surface area (TPSA) is 66.9 Å². The molecule has 0 aliphatic heterocycles. The lowest BCUT2D eigenvalue weighted by Gasteiger charge is -2.21. The zero-order chi connectivity index (χ0) is 19.8. The minimum Gasteiger partial charge on any atom is -0.353 e. The molecule has 1 fully saturated rings.